The number of nitrogens with two attached hydrogens (primary N) is 1. The van der Waals surface area contributed by atoms with E-state index in [-0.39, 0.29) is 0 Å². The molecule has 0 saturated carbocycles. The molecule has 0 saturated heterocycles. The van der Waals surface area contributed by atoms with E-state index >= 15 is 0 Å². The van der Waals surface area contributed by atoms with Crippen LogP contribution in [0.5, 0.6) is 0 Å². The van der Waals surface area contributed by atoms with Crippen LogP contribution in [0.2, 0.25) is 0 Å². The van der Waals surface area contributed by atoms with Crippen molar-refractivity contribution < 1.29 is 0 Å². The highest BCUT2D eigenvalue weighted by atomic mass is 14.6. The molecule has 0 aliphatic carbocycles. The van der Waals surface area contributed by atoms with Gasteiger partial charge in [0.1, 0.15) is 0 Å². The van der Waals surface area contributed by atoms with Crippen molar-refractivity contribution in [1.82, 2.24) is 0 Å². The highest BCUT2D eigenvalue weighted by molar-refractivity contribution is 5.45. The molecule has 0 bridgehead atoms. The first-order valence-corrected chi connectivity index (χ1v) is 3.95. The molecule has 0 aromatic heterocycles. The third-order valence-electron chi connectivity index (χ3n) is 1.59. The molecule has 1 aromatic rings. The molecule has 1 nitrogen and oxygen atoms in total. The zero-order valence-electron chi connectivity index (χ0n) is 7.09. The van der Waals surface area contributed by atoms with Crippen LogP contribution in [0.4, 0.5) is 5.69 Å². The molecule has 0 spiro atoms. The van der Waals surface area contributed by atoms with Crippen LogP contribution in [-0.4, -0.2) is 0 Å². The Morgan fingerprint density at radius 2 is 2.27 bits per heavy atom. The standard InChI is InChI=1S/C10H14N/c1-8(2)7-9-5-3-4-6-10(9)11/h3-4,6,8H,7,11H2,1-2H3. The van der Waals surface area contributed by atoms with Gasteiger partial charge in [-0.25, -0.2) is 0 Å². The number of benzene rings is 1. The molecular formula is C10H14N. The summed E-state index contributed by atoms with van der Waals surface area (Å²) in [6, 6.07) is 8.89. The fourth-order valence-electron chi connectivity index (χ4n) is 1.07. The Morgan fingerprint density at radius 3 is 2.82 bits per heavy atom. The van der Waals surface area contributed by atoms with Crippen LogP contribution in [0, 0.1) is 12.0 Å². The van der Waals surface area contributed by atoms with Gasteiger partial charge in [0.05, 0.1) is 0 Å². The van der Waals surface area contributed by atoms with Crippen molar-refractivity contribution in [2.24, 2.45) is 5.92 Å². The summed E-state index contributed by atoms with van der Waals surface area (Å²) in [5.41, 5.74) is 7.74. The Bertz CT molecular complexity index is 228. The van der Waals surface area contributed by atoms with Gasteiger partial charge < -0.3 is 5.73 Å². The van der Waals surface area contributed by atoms with Gasteiger partial charge in [-0.2, -0.15) is 0 Å². The van der Waals surface area contributed by atoms with Gasteiger partial charge in [0.2, 0.25) is 0 Å². The van der Waals surface area contributed by atoms with Gasteiger partial charge in [-0.3, -0.25) is 0 Å². The molecule has 1 aromatic carbocycles. The Balaban J connectivity index is 2.78. The quantitative estimate of drug-likeness (QED) is 0.640. The Morgan fingerprint density at radius 1 is 1.55 bits per heavy atom. The van der Waals surface area contributed by atoms with Crippen molar-refractivity contribution in [3.8, 4) is 0 Å². The van der Waals surface area contributed by atoms with E-state index in [2.05, 4.69) is 19.9 Å². The highest BCUT2D eigenvalue weighted by Crippen LogP contribution is 2.14. The van der Waals surface area contributed by atoms with Crippen LogP contribution in [0.15, 0.2) is 18.2 Å². The van der Waals surface area contributed by atoms with Gasteiger partial charge in [-0.05, 0) is 30.0 Å². The van der Waals surface area contributed by atoms with Crippen LogP contribution >= 0.6 is 0 Å². The molecule has 0 aliphatic rings. The molecule has 2 N–H and O–H groups in total. The zero-order valence-corrected chi connectivity index (χ0v) is 7.09. The molecule has 0 fully saturated rings. The average Bonchev–Trinajstić information content (AvgIpc) is 1.93. The second-order valence-corrected chi connectivity index (χ2v) is 3.20. The molecule has 1 radical (unpaired) electrons. The maximum atomic E-state index is 5.74. The lowest BCUT2D eigenvalue weighted by molar-refractivity contribution is 0.648. The monoisotopic (exact) mass is 148 g/mol. The maximum absolute atomic E-state index is 5.74. The highest BCUT2D eigenvalue weighted by Gasteiger charge is 2.00. The number of nitrogen functional groups attached to an aromatic ring is 1. The van der Waals surface area contributed by atoms with Crippen LogP contribution in [0.3, 0.4) is 0 Å². The first kappa shape index (κ1) is 8.12. The molecular weight excluding hydrogens is 134 g/mol. The van der Waals surface area contributed by atoms with E-state index in [0.29, 0.717) is 5.92 Å². The normalized spacial score (nSPS) is 10.5. The SMILES string of the molecule is CC(C)Cc1[c]cccc1N. The first-order valence-electron chi connectivity index (χ1n) is 3.95. The molecule has 1 heteroatoms. The molecule has 11 heavy (non-hydrogen) atoms. The van der Waals surface area contributed by atoms with Crippen molar-refractivity contribution in [3.05, 3.63) is 29.8 Å². The second kappa shape index (κ2) is 3.42. The minimum atomic E-state index is 0.649. The van der Waals surface area contributed by atoms with E-state index in [4.69, 9.17) is 5.73 Å². The van der Waals surface area contributed by atoms with Gasteiger partial charge in [-0.1, -0.05) is 26.0 Å². The van der Waals surface area contributed by atoms with Crippen LogP contribution < -0.4 is 5.73 Å². The molecule has 0 atom stereocenters. The summed E-state index contributed by atoms with van der Waals surface area (Å²) in [6.45, 7) is 4.36. The van der Waals surface area contributed by atoms with Crippen LogP contribution in [-0.2, 0) is 6.42 Å². The second-order valence-electron chi connectivity index (χ2n) is 3.20. The van der Waals surface area contributed by atoms with Crippen molar-refractivity contribution in [2.75, 3.05) is 5.73 Å². The fraction of sp³-hybridized carbons (Fsp3) is 0.400. The Kier molecular flexibility index (Phi) is 2.53. The molecule has 59 valence electrons. The zero-order chi connectivity index (χ0) is 8.27. The van der Waals surface area contributed by atoms with E-state index in [1.54, 1.807) is 0 Å². The predicted molar refractivity (Wildman–Crippen MR) is 48.2 cm³/mol. The van der Waals surface area contributed by atoms with E-state index in [0.717, 1.165) is 17.7 Å². The van der Waals surface area contributed by atoms with Gasteiger partial charge in [-0.15, -0.1) is 0 Å². The summed E-state index contributed by atoms with van der Waals surface area (Å²) in [5.74, 6) is 0.649. The predicted octanol–water partition coefficient (Wildman–Crippen LogP) is 2.27. The van der Waals surface area contributed by atoms with E-state index in [1.807, 2.05) is 18.2 Å². The third-order valence-corrected chi connectivity index (χ3v) is 1.59. The summed E-state index contributed by atoms with van der Waals surface area (Å²) in [7, 11) is 0. The van der Waals surface area contributed by atoms with E-state index in [1.165, 1.54) is 0 Å². The Labute approximate surface area is 68.2 Å². The third kappa shape index (κ3) is 2.26. The maximum Gasteiger partial charge on any atom is 0.0352 e. The summed E-state index contributed by atoms with van der Waals surface area (Å²) >= 11 is 0. The first-order chi connectivity index (χ1) is 5.20. The summed E-state index contributed by atoms with van der Waals surface area (Å²) in [6.07, 6.45) is 1.02. The topological polar surface area (TPSA) is 26.0 Å². The van der Waals surface area contributed by atoms with Gasteiger partial charge in [0, 0.05) is 5.69 Å². The van der Waals surface area contributed by atoms with E-state index in [9.17, 15) is 0 Å². The lowest BCUT2D eigenvalue weighted by Gasteiger charge is -2.06. The number of anilines is 1. The van der Waals surface area contributed by atoms with Gasteiger partial charge in [0.15, 0.2) is 0 Å². The number of rotatable bonds is 2. The average molecular weight is 148 g/mol. The number of hydrogen-bond acceptors (Lipinski definition) is 1. The molecule has 0 aliphatic heterocycles. The molecule has 1 rings (SSSR count). The minimum absolute atomic E-state index is 0.649. The lowest BCUT2D eigenvalue weighted by atomic mass is 10.0. The summed E-state index contributed by atoms with van der Waals surface area (Å²) < 4.78 is 0. The number of hydrogen-bond donors (Lipinski definition) is 1. The van der Waals surface area contributed by atoms with Crippen molar-refractivity contribution in [1.29, 1.82) is 0 Å². The minimum Gasteiger partial charge on any atom is -0.398 e. The largest absolute Gasteiger partial charge is 0.398 e. The Hall–Kier alpha value is -0.980. The fourth-order valence-corrected chi connectivity index (χ4v) is 1.07. The molecule has 0 unspecified atom stereocenters. The lowest BCUT2D eigenvalue weighted by Crippen LogP contribution is -1.98. The van der Waals surface area contributed by atoms with Crippen molar-refractivity contribution in [2.45, 2.75) is 20.3 Å². The smallest absolute Gasteiger partial charge is 0.0352 e. The summed E-state index contributed by atoms with van der Waals surface area (Å²) in [4.78, 5) is 0. The van der Waals surface area contributed by atoms with Crippen LogP contribution in [0.25, 0.3) is 0 Å². The van der Waals surface area contributed by atoms with Gasteiger partial charge in [0.25, 0.3) is 0 Å². The van der Waals surface area contributed by atoms with Gasteiger partial charge >= 0.3 is 0 Å². The van der Waals surface area contributed by atoms with Crippen molar-refractivity contribution >= 4 is 5.69 Å². The van der Waals surface area contributed by atoms with E-state index < -0.39 is 0 Å². The summed E-state index contributed by atoms with van der Waals surface area (Å²) in [5, 5.41) is 0. The molecule has 0 amide bonds. The van der Waals surface area contributed by atoms with Crippen LogP contribution in [0.1, 0.15) is 19.4 Å². The molecule has 0 heterocycles. The van der Waals surface area contributed by atoms with Crippen molar-refractivity contribution in [3.63, 3.8) is 0 Å².